The van der Waals surface area contributed by atoms with Crippen LogP contribution in [0, 0.1) is 25.5 Å². The van der Waals surface area contributed by atoms with Gasteiger partial charge in [0.05, 0.1) is 17.4 Å². The van der Waals surface area contributed by atoms with Crippen LogP contribution in [-0.4, -0.2) is 16.7 Å². The van der Waals surface area contributed by atoms with Gasteiger partial charge in [-0.1, -0.05) is 13.0 Å². The maximum atomic E-state index is 13.4. The van der Waals surface area contributed by atoms with Crippen LogP contribution in [0.2, 0.25) is 0 Å². The summed E-state index contributed by atoms with van der Waals surface area (Å²) in [4.78, 5) is 0. The number of hydrogen-bond acceptors (Lipinski definition) is 3. The number of aromatic nitrogens is 2. The van der Waals surface area contributed by atoms with Crippen molar-refractivity contribution in [1.29, 1.82) is 0 Å². The van der Waals surface area contributed by atoms with Crippen molar-refractivity contribution in [3.05, 3.63) is 58.4 Å². The fraction of sp³-hybridized carbons (Fsp3) is 0.333. The Labute approximate surface area is 117 Å². The molecule has 0 amide bonds. The van der Waals surface area contributed by atoms with Crippen LogP contribution >= 0.6 is 0 Å². The highest BCUT2D eigenvalue weighted by molar-refractivity contribution is 5.34. The van der Waals surface area contributed by atoms with Crippen LogP contribution in [0.5, 0.6) is 0 Å². The number of benzene rings is 1. The summed E-state index contributed by atoms with van der Waals surface area (Å²) < 4.78 is 26.5. The third-order valence-corrected chi connectivity index (χ3v) is 3.14. The summed E-state index contributed by atoms with van der Waals surface area (Å²) in [5.74, 6) is -1.69. The summed E-state index contributed by atoms with van der Waals surface area (Å²) in [6.07, 6.45) is 0. The van der Waals surface area contributed by atoms with Crippen LogP contribution < -0.4 is 5.32 Å². The molecular weight excluding hydrogens is 260 g/mol. The topological polar surface area (TPSA) is 37.8 Å². The van der Waals surface area contributed by atoms with E-state index >= 15 is 0 Å². The first-order valence-electron chi connectivity index (χ1n) is 6.52. The lowest BCUT2D eigenvalue weighted by Crippen LogP contribution is -2.23. The molecule has 0 saturated carbocycles. The largest absolute Gasteiger partial charge is 0.306 e. The molecule has 0 aliphatic rings. The van der Waals surface area contributed by atoms with Gasteiger partial charge in [-0.05, 0) is 49.7 Å². The first-order valence-corrected chi connectivity index (χ1v) is 6.52. The first kappa shape index (κ1) is 14.5. The van der Waals surface area contributed by atoms with E-state index in [4.69, 9.17) is 0 Å². The van der Waals surface area contributed by atoms with E-state index in [-0.39, 0.29) is 6.04 Å². The van der Waals surface area contributed by atoms with Crippen molar-refractivity contribution in [2.45, 2.75) is 26.8 Å². The van der Waals surface area contributed by atoms with E-state index in [1.807, 2.05) is 26.8 Å². The second-order valence-corrected chi connectivity index (χ2v) is 4.69. The van der Waals surface area contributed by atoms with Gasteiger partial charge < -0.3 is 5.32 Å². The number of hydrogen-bond donors (Lipinski definition) is 1. The maximum Gasteiger partial charge on any atom is 0.159 e. The molecule has 1 heterocycles. The molecule has 0 aliphatic heterocycles. The van der Waals surface area contributed by atoms with Crippen LogP contribution in [0.4, 0.5) is 8.78 Å². The average molecular weight is 277 g/mol. The second kappa shape index (κ2) is 6.05. The van der Waals surface area contributed by atoms with Crippen molar-refractivity contribution in [2.75, 3.05) is 6.54 Å². The van der Waals surface area contributed by atoms with Crippen LogP contribution in [0.15, 0.2) is 24.3 Å². The molecule has 2 aromatic rings. The lowest BCUT2D eigenvalue weighted by Gasteiger charge is -2.20. The molecule has 1 unspecified atom stereocenters. The Kier molecular flexibility index (Phi) is 4.39. The van der Waals surface area contributed by atoms with Crippen LogP contribution in [0.25, 0.3) is 0 Å². The third kappa shape index (κ3) is 2.99. The van der Waals surface area contributed by atoms with E-state index in [0.717, 1.165) is 23.0 Å². The van der Waals surface area contributed by atoms with Crippen LogP contribution in [0.3, 0.4) is 0 Å². The molecule has 1 aromatic carbocycles. The molecule has 106 valence electrons. The van der Waals surface area contributed by atoms with Gasteiger partial charge >= 0.3 is 0 Å². The minimum Gasteiger partial charge on any atom is -0.306 e. The van der Waals surface area contributed by atoms with Crippen molar-refractivity contribution >= 4 is 0 Å². The standard InChI is InChI=1S/C15H17F2N3/c1-4-18-15(11-5-6-13(16)14(17)8-11)12-7-9(2)19-20-10(12)3/h5-8,15,18H,4H2,1-3H3. The zero-order valence-corrected chi connectivity index (χ0v) is 11.7. The molecular formula is C15H17F2N3. The zero-order chi connectivity index (χ0) is 14.7. The number of rotatable bonds is 4. The molecule has 3 nitrogen and oxygen atoms in total. The summed E-state index contributed by atoms with van der Waals surface area (Å²) in [5.41, 5.74) is 3.15. The van der Waals surface area contributed by atoms with E-state index < -0.39 is 11.6 Å². The Hall–Kier alpha value is -1.88. The Morgan fingerprint density at radius 1 is 1.10 bits per heavy atom. The van der Waals surface area contributed by atoms with Gasteiger partial charge in [0.25, 0.3) is 0 Å². The molecule has 0 spiro atoms. The number of nitrogens with one attached hydrogen (secondary N) is 1. The highest BCUT2D eigenvalue weighted by atomic mass is 19.2. The van der Waals surface area contributed by atoms with E-state index in [1.165, 1.54) is 6.07 Å². The SMILES string of the molecule is CCNC(c1ccc(F)c(F)c1)c1cc(C)nnc1C. The second-order valence-electron chi connectivity index (χ2n) is 4.69. The van der Waals surface area contributed by atoms with Gasteiger partial charge in [0.1, 0.15) is 0 Å². The average Bonchev–Trinajstić information content (AvgIpc) is 2.42. The quantitative estimate of drug-likeness (QED) is 0.933. The minimum atomic E-state index is -0.846. The van der Waals surface area contributed by atoms with Gasteiger partial charge in [0, 0.05) is 0 Å². The summed E-state index contributed by atoms with van der Waals surface area (Å²) in [5, 5.41) is 11.4. The molecule has 1 N–H and O–H groups in total. The number of nitrogens with zero attached hydrogens (tertiary/aromatic N) is 2. The number of aryl methyl sites for hydroxylation is 2. The molecule has 20 heavy (non-hydrogen) atoms. The molecule has 2 rings (SSSR count). The van der Waals surface area contributed by atoms with Gasteiger partial charge in [-0.15, -0.1) is 0 Å². The van der Waals surface area contributed by atoms with Crippen LogP contribution in [0.1, 0.15) is 35.5 Å². The Balaban J connectivity index is 2.49. The molecule has 0 aliphatic carbocycles. The van der Waals surface area contributed by atoms with E-state index in [0.29, 0.717) is 12.1 Å². The van der Waals surface area contributed by atoms with Gasteiger partial charge in [-0.2, -0.15) is 10.2 Å². The highest BCUT2D eigenvalue weighted by Gasteiger charge is 2.18. The molecule has 0 bridgehead atoms. The fourth-order valence-corrected chi connectivity index (χ4v) is 2.17. The maximum absolute atomic E-state index is 13.4. The van der Waals surface area contributed by atoms with Gasteiger partial charge in [-0.25, -0.2) is 8.78 Å². The molecule has 0 saturated heterocycles. The monoisotopic (exact) mass is 277 g/mol. The summed E-state index contributed by atoms with van der Waals surface area (Å²) in [6, 6.07) is 5.63. The van der Waals surface area contributed by atoms with E-state index in [9.17, 15) is 8.78 Å². The van der Waals surface area contributed by atoms with Crippen molar-refractivity contribution in [2.24, 2.45) is 0 Å². The predicted octanol–water partition coefficient (Wildman–Crippen LogP) is 3.07. The van der Waals surface area contributed by atoms with Crippen molar-refractivity contribution < 1.29 is 8.78 Å². The minimum absolute atomic E-state index is 0.232. The lowest BCUT2D eigenvalue weighted by molar-refractivity contribution is 0.503. The summed E-state index contributed by atoms with van der Waals surface area (Å²) in [7, 11) is 0. The van der Waals surface area contributed by atoms with Crippen molar-refractivity contribution in [3.63, 3.8) is 0 Å². The molecule has 5 heteroatoms. The molecule has 1 atom stereocenters. The lowest BCUT2D eigenvalue weighted by atomic mass is 9.97. The van der Waals surface area contributed by atoms with Gasteiger partial charge in [0.2, 0.25) is 0 Å². The van der Waals surface area contributed by atoms with Gasteiger partial charge in [0.15, 0.2) is 11.6 Å². The Bertz CT molecular complexity index is 614. The van der Waals surface area contributed by atoms with Crippen molar-refractivity contribution in [3.8, 4) is 0 Å². The van der Waals surface area contributed by atoms with E-state index in [2.05, 4.69) is 15.5 Å². The number of halogens is 2. The molecule has 1 aromatic heterocycles. The first-order chi connectivity index (χ1) is 9.52. The Morgan fingerprint density at radius 2 is 1.85 bits per heavy atom. The molecule has 0 fully saturated rings. The third-order valence-electron chi connectivity index (χ3n) is 3.14. The van der Waals surface area contributed by atoms with E-state index in [1.54, 1.807) is 6.07 Å². The zero-order valence-electron chi connectivity index (χ0n) is 11.7. The van der Waals surface area contributed by atoms with Crippen LogP contribution in [-0.2, 0) is 0 Å². The Morgan fingerprint density at radius 3 is 2.50 bits per heavy atom. The smallest absolute Gasteiger partial charge is 0.159 e. The fourth-order valence-electron chi connectivity index (χ4n) is 2.17. The normalized spacial score (nSPS) is 12.4. The van der Waals surface area contributed by atoms with Crippen molar-refractivity contribution in [1.82, 2.24) is 15.5 Å². The highest BCUT2D eigenvalue weighted by Crippen LogP contribution is 2.25. The molecule has 0 radical (unpaired) electrons. The predicted molar refractivity (Wildman–Crippen MR) is 73.4 cm³/mol. The van der Waals surface area contributed by atoms with Gasteiger partial charge in [-0.3, -0.25) is 0 Å². The summed E-state index contributed by atoms with van der Waals surface area (Å²) in [6.45, 7) is 6.37. The summed E-state index contributed by atoms with van der Waals surface area (Å²) >= 11 is 0.